The van der Waals surface area contributed by atoms with Gasteiger partial charge in [0.2, 0.25) is 0 Å². The molecule has 0 aliphatic heterocycles. The van der Waals surface area contributed by atoms with Gasteiger partial charge in [-0.1, -0.05) is 23.9 Å². The second-order valence-electron chi connectivity index (χ2n) is 3.93. The number of carboxylic acids is 1. The molecular formula is C14H10N2O4S. The Labute approximate surface area is 124 Å². The van der Waals surface area contributed by atoms with E-state index in [4.69, 9.17) is 5.11 Å². The molecule has 0 spiro atoms. The van der Waals surface area contributed by atoms with Gasteiger partial charge in [-0.25, -0.2) is 9.78 Å². The molecule has 0 aliphatic rings. The highest BCUT2D eigenvalue weighted by Crippen LogP contribution is 2.34. The van der Waals surface area contributed by atoms with Crippen LogP contribution in [-0.4, -0.2) is 21.0 Å². The molecule has 0 fully saturated rings. The first-order valence-electron chi connectivity index (χ1n) is 5.84. The normalized spacial score (nSPS) is 10.7. The summed E-state index contributed by atoms with van der Waals surface area (Å²) in [6.07, 6.45) is 3.85. The second-order valence-corrected chi connectivity index (χ2v) is 4.99. The number of nitro groups is 1. The van der Waals surface area contributed by atoms with Gasteiger partial charge in [-0.2, -0.15) is 0 Å². The molecule has 106 valence electrons. The van der Waals surface area contributed by atoms with Crippen LogP contribution >= 0.6 is 11.8 Å². The fourth-order valence-electron chi connectivity index (χ4n) is 1.55. The third-order valence-corrected chi connectivity index (χ3v) is 3.47. The van der Waals surface area contributed by atoms with Gasteiger partial charge in [0, 0.05) is 18.3 Å². The van der Waals surface area contributed by atoms with E-state index >= 15 is 0 Å². The topological polar surface area (TPSA) is 93.3 Å². The van der Waals surface area contributed by atoms with Crippen LogP contribution in [0.25, 0.3) is 6.08 Å². The van der Waals surface area contributed by atoms with Crippen LogP contribution < -0.4 is 0 Å². The maximum Gasteiger partial charge on any atom is 0.328 e. The molecule has 1 heterocycles. The third-order valence-electron chi connectivity index (χ3n) is 2.45. The lowest BCUT2D eigenvalue weighted by Crippen LogP contribution is -1.92. The Bertz CT molecular complexity index is 701. The van der Waals surface area contributed by atoms with Crippen molar-refractivity contribution in [3.8, 4) is 0 Å². The summed E-state index contributed by atoms with van der Waals surface area (Å²) < 4.78 is 0. The van der Waals surface area contributed by atoms with Gasteiger partial charge in [-0.3, -0.25) is 10.1 Å². The zero-order valence-electron chi connectivity index (χ0n) is 10.7. The van der Waals surface area contributed by atoms with E-state index in [9.17, 15) is 14.9 Å². The smallest absolute Gasteiger partial charge is 0.328 e. The number of carboxylic acid groups (broad SMARTS) is 1. The summed E-state index contributed by atoms with van der Waals surface area (Å²) in [7, 11) is 0. The minimum Gasteiger partial charge on any atom is -0.478 e. The number of nitro benzene ring substituents is 1. The van der Waals surface area contributed by atoms with E-state index in [1.807, 2.05) is 0 Å². The Balaban J connectivity index is 2.33. The molecular weight excluding hydrogens is 292 g/mol. The molecule has 0 aliphatic carbocycles. The van der Waals surface area contributed by atoms with Gasteiger partial charge in [0.1, 0.15) is 5.03 Å². The molecule has 0 bridgehead atoms. The molecule has 1 aromatic heterocycles. The summed E-state index contributed by atoms with van der Waals surface area (Å²) >= 11 is 1.18. The largest absolute Gasteiger partial charge is 0.478 e. The number of carbonyl (C=O) groups is 1. The molecule has 7 heteroatoms. The van der Waals surface area contributed by atoms with Gasteiger partial charge < -0.3 is 5.11 Å². The highest BCUT2D eigenvalue weighted by Gasteiger charge is 2.15. The molecule has 1 N–H and O–H groups in total. The Morgan fingerprint density at radius 3 is 2.76 bits per heavy atom. The van der Waals surface area contributed by atoms with Crippen LogP contribution in [-0.2, 0) is 4.79 Å². The predicted octanol–water partition coefficient (Wildman–Crippen LogP) is 3.24. The van der Waals surface area contributed by atoms with Crippen molar-refractivity contribution in [3.05, 3.63) is 64.3 Å². The van der Waals surface area contributed by atoms with Crippen LogP contribution in [0, 0.1) is 10.1 Å². The number of benzene rings is 1. The van der Waals surface area contributed by atoms with E-state index < -0.39 is 10.9 Å². The highest BCUT2D eigenvalue weighted by molar-refractivity contribution is 7.99. The van der Waals surface area contributed by atoms with Crippen LogP contribution in [0.1, 0.15) is 5.56 Å². The average molecular weight is 302 g/mol. The first-order chi connectivity index (χ1) is 10.1. The number of nitrogens with zero attached hydrogens (tertiary/aromatic N) is 2. The molecule has 2 rings (SSSR count). The van der Waals surface area contributed by atoms with Crippen molar-refractivity contribution >= 4 is 29.5 Å². The minimum atomic E-state index is -1.11. The fourth-order valence-corrected chi connectivity index (χ4v) is 2.41. The van der Waals surface area contributed by atoms with Crippen LogP contribution in [0.15, 0.2) is 58.6 Å². The molecule has 2 aromatic rings. The maximum atomic E-state index is 11.1. The first kappa shape index (κ1) is 14.7. The molecule has 6 nitrogen and oxygen atoms in total. The van der Waals surface area contributed by atoms with Gasteiger partial charge in [-0.15, -0.1) is 0 Å². The Morgan fingerprint density at radius 2 is 2.14 bits per heavy atom. The van der Waals surface area contributed by atoms with Crippen molar-refractivity contribution in [1.82, 2.24) is 4.98 Å². The molecule has 0 saturated carbocycles. The van der Waals surface area contributed by atoms with Gasteiger partial charge in [0.25, 0.3) is 5.69 Å². The number of aromatic nitrogens is 1. The zero-order valence-corrected chi connectivity index (χ0v) is 11.5. The molecule has 0 amide bonds. The van der Waals surface area contributed by atoms with Crippen LogP contribution in [0.4, 0.5) is 5.69 Å². The average Bonchev–Trinajstić information content (AvgIpc) is 2.47. The predicted molar refractivity (Wildman–Crippen MR) is 78.1 cm³/mol. The lowest BCUT2D eigenvalue weighted by atomic mass is 10.2. The Kier molecular flexibility index (Phi) is 4.68. The van der Waals surface area contributed by atoms with Gasteiger partial charge in [-0.05, 0) is 29.8 Å². The summed E-state index contributed by atoms with van der Waals surface area (Å²) in [5.41, 5.74) is 0.368. The van der Waals surface area contributed by atoms with Crippen LogP contribution in [0.2, 0.25) is 0 Å². The number of aliphatic carboxylic acids is 1. The fraction of sp³-hybridized carbons (Fsp3) is 0. The van der Waals surface area contributed by atoms with E-state index in [-0.39, 0.29) is 5.69 Å². The van der Waals surface area contributed by atoms with Crippen LogP contribution in [0.5, 0.6) is 0 Å². The van der Waals surface area contributed by atoms with Crippen LogP contribution in [0.3, 0.4) is 0 Å². The van der Waals surface area contributed by atoms with Crippen molar-refractivity contribution in [2.75, 3.05) is 0 Å². The highest BCUT2D eigenvalue weighted by atomic mass is 32.2. The SMILES string of the molecule is O=C(O)/C=C\c1ccc(Sc2ccccn2)c([N+](=O)[O-])c1. The summed E-state index contributed by atoms with van der Waals surface area (Å²) in [6, 6.07) is 9.86. The van der Waals surface area contributed by atoms with Crippen molar-refractivity contribution in [3.63, 3.8) is 0 Å². The van der Waals surface area contributed by atoms with E-state index in [1.165, 1.54) is 23.9 Å². The van der Waals surface area contributed by atoms with Crippen molar-refractivity contribution < 1.29 is 14.8 Å². The maximum absolute atomic E-state index is 11.1. The lowest BCUT2D eigenvalue weighted by molar-refractivity contribution is -0.387. The number of hydrogen-bond donors (Lipinski definition) is 1. The monoisotopic (exact) mass is 302 g/mol. The minimum absolute atomic E-state index is 0.0850. The van der Waals surface area contributed by atoms with E-state index in [0.717, 1.165) is 6.08 Å². The molecule has 0 saturated heterocycles. The standard InChI is InChI=1S/C14H10N2O4S/c17-14(18)7-5-10-4-6-12(11(9-10)16(19)20)21-13-3-1-2-8-15-13/h1-9H,(H,17,18)/b7-5-. The molecule has 0 unspecified atom stereocenters. The number of pyridine rings is 1. The number of rotatable bonds is 5. The lowest BCUT2D eigenvalue weighted by Gasteiger charge is -2.03. The Hall–Kier alpha value is -2.67. The molecule has 0 atom stereocenters. The Morgan fingerprint density at radius 1 is 1.33 bits per heavy atom. The third kappa shape index (κ3) is 4.15. The van der Waals surface area contributed by atoms with Gasteiger partial charge in [0.05, 0.1) is 9.82 Å². The second kappa shape index (κ2) is 6.67. The van der Waals surface area contributed by atoms with E-state index in [2.05, 4.69) is 4.98 Å². The van der Waals surface area contributed by atoms with E-state index in [1.54, 1.807) is 36.5 Å². The molecule has 0 radical (unpaired) electrons. The summed E-state index contributed by atoms with van der Waals surface area (Å²) in [5.74, 6) is -1.11. The molecule has 1 aromatic carbocycles. The summed E-state index contributed by atoms with van der Waals surface area (Å²) in [6.45, 7) is 0. The van der Waals surface area contributed by atoms with Crippen molar-refractivity contribution in [1.29, 1.82) is 0 Å². The van der Waals surface area contributed by atoms with Crippen molar-refractivity contribution in [2.45, 2.75) is 9.92 Å². The summed E-state index contributed by atoms with van der Waals surface area (Å²) in [5, 5.41) is 20.4. The van der Waals surface area contributed by atoms with Gasteiger partial charge >= 0.3 is 5.97 Å². The van der Waals surface area contributed by atoms with E-state index in [0.29, 0.717) is 15.5 Å². The number of hydrogen-bond acceptors (Lipinski definition) is 5. The van der Waals surface area contributed by atoms with Gasteiger partial charge in [0.15, 0.2) is 0 Å². The zero-order chi connectivity index (χ0) is 15.2. The van der Waals surface area contributed by atoms with Crippen molar-refractivity contribution in [2.24, 2.45) is 0 Å². The quantitative estimate of drug-likeness (QED) is 0.517. The molecule has 21 heavy (non-hydrogen) atoms. The first-order valence-corrected chi connectivity index (χ1v) is 6.66. The summed E-state index contributed by atoms with van der Waals surface area (Å²) in [4.78, 5) is 25.7.